The molecule has 0 bridgehead atoms. The summed E-state index contributed by atoms with van der Waals surface area (Å²) in [4.78, 5) is 12.6. The Morgan fingerprint density at radius 1 is 1.25 bits per heavy atom. The summed E-state index contributed by atoms with van der Waals surface area (Å²) in [5.41, 5.74) is 6.04. The lowest BCUT2D eigenvalue weighted by atomic mass is 10.1. The molecule has 1 unspecified atom stereocenters. The summed E-state index contributed by atoms with van der Waals surface area (Å²) >= 11 is 1.68. The Labute approximate surface area is 135 Å². The van der Waals surface area contributed by atoms with E-state index in [1.54, 1.807) is 11.3 Å². The monoisotopic (exact) mass is 334 g/mol. The minimum atomic E-state index is 0. The molecule has 4 nitrogen and oxygen atoms in total. The Bertz CT molecular complexity index is 560. The fourth-order valence-corrected chi connectivity index (χ4v) is 3.32. The lowest BCUT2D eigenvalue weighted by molar-refractivity contribution is 0.601. The summed E-state index contributed by atoms with van der Waals surface area (Å²) in [6.45, 7) is 4.02. The van der Waals surface area contributed by atoms with Gasteiger partial charge >= 0.3 is 0 Å². The average Bonchev–Trinajstić information content (AvgIpc) is 2.70. The summed E-state index contributed by atoms with van der Waals surface area (Å²) in [6, 6.07) is 2.47. The van der Waals surface area contributed by atoms with E-state index in [9.17, 15) is 0 Å². The number of nitrogens with two attached hydrogens (primary N) is 1. The Hall–Kier alpha value is -0.620. The molecular weight excluding hydrogens is 315 g/mol. The highest BCUT2D eigenvalue weighted by atomic mass is 35.5. The van der Waals surface area contributed by atoms with Crippen molar-refractivity contribution in [1.29, 1.82) is 0 Å². The fraction of sp³-hybridized carbons (Fsp3) is 0.538. The maximum absolute atomic E-state index is 6.04. The van der Waals surface area contributed by atoms with Gasteiger partial charge in [-0.1, -0.05) is 0 Å². The van der Waals surface area contributed by atoms with Crippen LogP contribution in [-0.2, 0) is 0 Å². The third kappa shape index (κ3) is 3.52. The lowest BCUT2D eigenvalue weighted by Crippen LogP contribution is -2.27. The first-order valence-corrected chi connectivity index (χ1v) is 7.34. The molecule has 3 heterocycles. The number of hydrogen-bond donors (Lipinski definition) is 1. The number of halogens is 2. The van der Waals surface area contributed by atoms with Crippen molar-refractivity contribution < 1.29 is 0 Å². The zero-order valence-electron chi connectivity index (χ0n) is 11.4. The Balaban J connectivity index is 0.000001000. The van der Waals surface area contributed by atoms with E-state index < -0.39 is 0 Å². The average molecular weight is 335 g/mol. The molecular formula is C13H20Cl2N4S. The van der Waals surface area contributed by atoms with Gasteiger partial charge in [-0.05, 0) is 37.6 Å². The fourth-order valence-electron chi connectivity index (χ4n) is 2.52. The molecule has 2 aromatic rings. The quantitative estimate of drug-likeness (QED) is 0.870. The topological polar surface area (TPSA) is 55.0 Å². The van der Waals surface area contributed by atoms with Gasteiger partial charge in [-0.2, -0.15) is 0 Å². The molecule has 2 N–H and O–H groups in total. The number of aromatic nitrogens is 2. The molecule has 20 heavy (non-hydrogen) atoms. The van der Waals surface area contributed by atoms with Crippen molar-refractivity contribution in [3.05, 3.63) is 17.3 Å². The van der Waals surface area contributed by atoms with Crippen molar-refractivity contribution in [2.75, 3.05) is 18.0 Å². The molecule has 0 radical (unpaired) electrons. The van der Waals surface area contributed by atoms with Gasteiger partial charge < -0.3 is 10.6 Å². The third-order valence-corrected chi connectivity index (χ3v) is 4.30. The molecule has 1 atom stereocenters. The molecule has 1 aliphatic heterocycles. The van der Waals surface area contributed by atoms with Crippen LogP contribution in [0.3, 0.4) is 0 Å². The van der Waals surface area contributed by atoms with Crippen LogP contribution < -0.4 is 10.6 Å². The predicted octanol–water partition coefficient (Wildman–Crippen LogP) is 3.16. The van der Waals surface area contributed by atoms with Crippen molar-refractivity contribution in [2.45, 2.75) is 32.2 Å². The Kier molecular flexibility index (Phi) is 6.45. The minimum absolute atomic E-state index is 0. The van der Waals surface area contributed by atoms with Gasteiger partial charge in [0.1, 0.15) is 16.5 Å². The van der Waals surface area contributed by atoms with Gasteiger partial charge in [0.2, 0.25) is 0 Å². The number of rotatable bonds is 1. The molecule has 7 heteroatoms. The van der Waals surface area contributed by atoms with Crippen molar-refractivity contribution in [3.63, 3.8) is 0 Å². The van der Waals surface area contributed by atoms with Gasteiger partial charge in [-0.25, -0.2) is 9.97 Å². The van der Waals surface area contributed by atoms with Gasteiger partial charge in [0, 0.05) is 19.1 Å². The van der Waals surface area contributed by atoms with Crippen LogP contribution in [0.15, 0.2) is 11.4 Å². The predicted molar refractivity (Wildman–Crippen MR) is 90.7 cm³/mol. The Morgan fingerprint density at radius 2 is 2.05 bits per heavy atom. The van der Waals surface area contributed by atoms with Crippen molar-refractivity contribution >= 4 is 52.2 Å². The van der Waals surface area contributed by atoms with E-state index in [2.05, 4.69) is 26.3 Å². The largest absolute Gasteiger partial charge is 0.356 e. The zero-order chi connectivity index (χ0) is 12.5. The van der Waals surface area contributed by atoms with Crippen LogP contribution in [-0.4, -0.2) is 29.1 Å². The summed E-state index contributed by atoms with van der Waals surface area (Å²) in [6.07, 6.45) is 3.32. The van der Waals surface area contributed by atoms with E-state index in [-0.39, 0.29) is 24.8 Å². The van der Waals surface area contributed by atoms with Crippen molar-refractivity contribution in [2.24, 2.45) is 5.73 Å². The highest BCUT2D eigenvalue weighted by molar-refractivity contribution is 7.16. The van der Waals surface area contributed by atoms with E-state index in [0.29, 0.717) is 6.04 Å². The number of nitrogens with zero attached hydrogens (tertiary/aromatic N) is 3. The third-order valence-electron chi connectivity index (χ3n) is 3.49. The van der Waals surface area contributed by atoms with Crippen molar-refractivity contribution in [3.8, 4) is 0 Å². The molecule has 3 rings (SSSR count). The first-order valence-electron chi connectivity index (χ1n) is 6.46. The summed E-state index contributed by atoms with van der Waals surface area (Å²) in [5.74, 6) is 1.95. The summed E-state index contributed by atoms with van der Waals surface area (Å²) in [7, 11) is 0. The van der Waals surface area contributed by atoms with Crippen molar-refractivity contribution in [1.82, 2.24) is 9.97 Å². The smallest absolute Gasteiger partial charge is 0.141 e. The first kappa shape index (κ1) is 17.4. The molecule has 2 aromatic heterocycles. The van der Waals surface area contributed by atoms with Crippen LogP contribution in [0, 0.1) is 6.92 Å². The van der Waals surface area contributed by atoms with Crippen LogP contribution >= 0.6 is 36.2 Å². The molecule has 112 valence electrons. The second kappa shape index (κ2) is 7.41. The van der Waals surface area contributed by atoms with Gasteiger partial charge in [-0.15, -0.1) is 36.2 Å². The van der Waals surface area contributed by atoms with Crippen LogP contribution in [0.5, 0.6) is 0 Å². The highest BCUT2D eigenvalue weighted by Crippen LogP contribution is 2.29. The number of thiophene rings is 1. The van der Waals surface area contributed by atoms with Gasteiger partial charge in [0.15, 0.2) is 0 Å². The second-order valence-electron chi connectivity index (χ2n) is 4.91. The van der Waals surface area contributed by atoms with Gasteiger partial charge in [-0.3, -0.25) is 0 Å². The maximum atomic E-state index is 6.04. The van der Waals surface area contributed by atoms with E-state index in [1.807, 2.05) is 6.92 Å². The molecule has 1 saturated heterocycles. The zero-order valence-corrected chi connectivity index (χ0v) is 13.9. The molecule has 1 aliphatic rings. The van der Waals surface area contributed by atoms with Gasteiger partial charge in [0.25, 0.3) is 0 Å². The standard InChI is InChI=1S/C13H18N4S.2ClH/c1-9-15-12(11-5-8-18-13(11)16-9)17-6-2-3-10(14)4-7-17;;/h5,8,10H,2-4,6-7,14H2,1H3;2*1H. The number of fused-ring (bicyclic) bond motifs is 1. The molecule has 0 saturated carbocycles. The molecule has 1 fully saturated rings. The van der Waals surface area contributed by atoms with E-state index in [0.717, 1.165) is 48.8 Å². The SMILES string of the molecule is Cc1nc(N2CCCC(N)CC2)c2ccsc2n1.Cl.Cl. The molecule has 0 spiro atoms. The first-order chi connectivity index (χ1) is 8.74. The molecule has 0 aromatic carbocycles. The molecule has 0 aliphatic carbocycles. The highest BCUT2D eigenvalue weighted by Gasteiger charge is 2.18. The van der Waals surface area contributed by atoms with Crippen LogP contribution in [0.25, 0.3) is 10.2 Å². The van der Waals surface area contributed by atoms with E-state index in [4.69, 9.17) is 5.73 Å². The number of anilines is 1. The normalized spacial score (nSPS) is 19.1. The maximum Gasteiger partial charge on any atom is 0.141 e. The Morgan fingerprint density at radius 3 is 2.85 bits per heavy atom. The number of hydrogen-bond acceptors (Lipinski definition) is 5. The van der Waals surface area contributed by atoms with Crippen LogP contribution in [0.2, 0.25) is 0 Å². The van der Waals surface area contributed by atoms with E-state index >= 15 is 0 Å². The molecule has 0 amide bonds. The van der Waals surface area contributed by atoms with Crippen LogP contribution in [0.4, 0.5) is 5.82 Å². The number of aryl methyl sites for hydroxylation is 1. The summed E-state index contributed by atoms with van der Waals surface area (Å²) < 4.78 is 0. The van der Waals surface area contributed by atoms with E-state index in [1.165, 1.54) is 5.39 Å². The summed E-state index contributed by atoms with van der Waals surface area (Å²) in [5, 5.41) is 3.27. The van der Waals surface area contributed by atoms with Gasteiger partial charge in [0.05, 0.1) is 5.39 Å². The van der Waals surface area contributed by atoms with Crippen LogP contribution in [0.1, 0.15) is 25.1 Å². The lowest BCUT2D eigenvalue weighted by Gasteiger charge is -2.22. The second-order valence-corrected chi connectivity index (χ2v) is 5.81. The minimum Gasteiger partial charge on any atom is -0.356 e.